The fourth-order valence-corrected chi connectivity index (χ4v) is 6.34. The molecule has 0 spiro atoms. The fourth-order valence-electron chi connectivity index (χ4n) is 3.95. The highest BCUT2D eigenvalue weighted by atomic mass is 32.2. The van der Waals surface area contributed by atoms with Crippen molar-refractivity contribution in [2.45, 2.75) is 49.3 Å². The summed E-state index contributed by atoms with van der Waals surface area (Å²) in [5, 5.41) is 8.95. The first-order valence-electron chi connectivity index (χ1n) is 10.6. The molecule has 2 aromatic rings. The van der Waals surface area contributed by atoms with Crippen LogP contribution < -0.4 is 14.4 Å². The number of carboxylic acid groups (broad SMARTS) is 1. The van der Waals surface area contributed by atoms with Crippen molar-refractivity contribution in [1.82, 2.24) is 4.72 Å². The Kier molecular flexibility index (Phi) is 7.74. The molecule has 174 valence electrons. The summed E-state index contributed by atoms with van der Waals surface area (Å²) in [4.78, 5) is 13.1. The quantitative estimate of drug-likeness (QED) is 0.552. The van der Waals surface area contributed by atoms with Crippen LogP contribution in [0, 0.1) is 0 Å². The van der Waals surface area contributed by atoms with Crippen molar-refractivity contribution in [3.05, 3.63) is 48.0 Å². The summed E-state index contributed by atoms with van der Waals surface area (Å²) in [6.07, 6.45) is 2.57. The second kappa shape index (κ2) is 10.1. The van der Waals surface area contributed by atoms with Gasteiger partial charge in [-0.2, -0.15) is 0 Å². The summed E-state index contributed by atoms with van der Waals surface area (Å²) < 4.78 is 35.5. The summed E-state index contributed by atoms with van der Waals surface area (Å²) in [6, 6.07) is 13.1. The molecule has 0 radical (unpaired) electrons. The molecule has 3 rings (SSSR count). The largest absolute Gasteiger partial charge is 0.496 e. The molecule has 0 fully saturated rings. The number of hydrogen-bond donors (Lipinski definition) is 2. The minimum atomic E-state index is -3.82. The van der Waals surface area contributed by atoms with Crippen LogP contribution in [0.1, 0.15) is 38.7 Å². The van der Waals surface area contributed by atoms with Crippen molar-refractivity contribution in [1.29, 1.82) is 0 Å². The van der Waals surface area contributed by atoms with Crippen molar-refractivity contribution in [3.63, 3.8) is 0 Å². The van der Waals surface area contributed by atoms with Crippen LogP contribution in [0.15, 0.2) is 47.4 Å². The van der Waals surface area contributed by atoms with Crippen LogP contribution in [-0.4, -0.2) is 44.4 Å². The Morgan fingerprint density at radius 3 is 2.62 bits per heavy atom. The van der Waals surface area contributed by atoms with E-state index < -0.39 is 21.5 Å². The van der Waals surface area contributed by atoms with Crippen molar-refractivity contribution >= 4 is 39.1 Å². The molecule has 1 atom stereocenters. The highest BCUT2D eigenvalue weighted by molar-refractivity contribution is 7.99. The molecular formula is C23H30N2O5S2. The van der Waals surface area contributed by atoms with Gasteiger partial charge in [0.25, 0.3) is 0 Å². The van der Waals surface area contributed by atoms with Gasteiger partial charge in [0.1, 0.15) is 10.6 Å². The molecule has 0 aromatic heterocycles. The fraction of sp³-hybridized carbons (Fsp3) is 0.435. The second-order valence-corrected chi connectivity index (χ2v) is 10.8. The van der Waals surface area contributed by atoms with E-state index in [1.807, 2.05) is 42.2 Å². The molecule has 2 aromatic carbocycles. The molecule has 1 aliphatic rings. The Morgan fingerprint density at radius 2 is 2.00 bits per heavy atom. The van der Waals surface area contributed by atoms with E-state index in [-0.39, 0.29) is 10.6 Å². The normalized spacial score (nSPS) is 19.8. The maximum atomic E-state index is 13.5. The van der Waals surface area contributed by atoms with E-state index in [1.165, 1.54) is 18.9 Å². The molecule has 1 heterocycles. The number of hydrogen-bond acceptors (Lipinski definition) is 6. The van der Waals surface area contributed by atoms with Gasteiger partial charge in [-0.1, -0.05) is 38.0 Å². The lowest BCUT2D eigenvalue weighted by Crippen LogP contribution is -2.50. The molecular weight excluding hydrogens is 448 g/mol. The van der Waals surface area contributed by atoms with Gasteiger partial charge in [-0.3, -0.25) is 4.79 Å². The molecule has 1 aliphatic heterocycles. The number of nitrogens with one attached hydrogen (secondary N) is 1. The maximum Gasteiger partial charge on any atom is 0.313 e. The molecule has 0 saturated heterocycles. The summed E-state index contributed by atoms with van der Waals surface area (Å²) in [5.41, 5.74) is 1.43. The van der Waals surface area contributed by atoms with Gasteiger partial charge >= 0.3 is 5.97 Å². The Balaban J connectivity index is 2.15. The van der Waals surface area contributed by atoms with E-state index in [0.717, 1.165) is 18.5 Å². The number of methoxy groups -OCH3 is 1. The number of carboxylic acids is 1. The molecule has 1 unspecified atom stereocenters. The van der Waals surface area contributed by atoms with Crippen molar-refractivity contribution in [2.24, 2.45) is 0 Å². The smallest absolute Gasteiger partial charge is 0.313 e. The molecule has 2 N–H and O–H groups in total. The number of carbonyl (C=O) groups is 1. The van der Waals surface area contributed by atoms with Crippen LogP contribution >= 0.6 is 11.8 Å². The van der Waals surface area contributed by atoms with Crippen molar-refractivity contribution in [2.75, 3.05) is 24.3 Å². The highest BCUT2D eigenvalue weighted by Gasteiger charge is 2.39. The third kappa shape index (κ3) is 5.57. The van der Waals surface area contributed by atoms with Crippen LogP contribution in [0.5, 0.6) is 5.75 Å². The van der Waals surface area contributed by atoms with Crippen LogP contribution in [0.2, 0.25) is 0 Å². The number of thioether (sulfide) groups is 1. The lowest BCUT2D eigenvalue weighted by Gasteiger charge is -2.34. The zero-order valence-corrected chi connectivity index (χ0v) is 20.3. The minimum Gasteiger partial charge on any atom is -0.496 e. The monoisotopic (exact) mass is 478 g/mol. The van der Waals surface area contributed by atoms with E-state index >= 15 is 0 Å². The molecule has 0 amide bonds. The summed E-state index contributed by atoms with van der Waals surface area (Å²) in [6.45, 7) is 4.51. The Hall–Kier alpha value is -2.23. The molecule has 9 heteroatoms. The van der Waals surface area contributed by atoms with Gasteiger partial charge in [0.05, 0.1) is 18.6 Å². The first-order valence-corrected chi connectivity index (χ1v) is 13.2. The van der Waals surface area contributed by atoms with Gasteiger partial charge in [-0.25, -0.2) is 13.1 Å². The summed E-state index contributed by atoms with van der Waals surface area (Å²) >= 11 is 1.20. The number of unbranched alkanes of at least 4 members (excludes halogenated alkanes) is 1. The van der Waals surface area contributed by atoms with Crippen LogP contribution in [0.25, 0.3) is 0 Å². The number of sulfonamides is 1. The molecule has 0 aliphatic carbocycles. The first-order chi connectivity index (χ1) is 15.2. The van der Waals surface area contributed by atoms with E-state index in [4.69, 9.17) is 9.84 Å². The molecule has 7 nitrogen and oxygen atoms in total. The number of fused-ring (bicyclic) bond motifs is 1. The second-order valence-electron chi connectivity index (χ2n) is 8.21. The third-order valence-corrected chi connectivity index (χ3v) is 8.10. The number of nitrogens with zero attached hydrogens (tertiary/aromatic N) is 1. The lowest BCUT2D eigenvalue weighted by atomic mass is 9.95. The van der Waals surface area contributed by atoms with E-state index in [0.29, 0.717) is 35.7 Å². The SMILES string of the molecule is CCCCC1(C)CN(c2ccccc2)c2cc(OC)c(CSCC(=O)O)cc2S(=O)(=O)N1. The number of anilines is 2. The predicted molar refractivity (Wildman–Crippen MR) is 128 cm³/mol. The third-order valence-electron chi connectivity index (χ3n) is 5.46. The topological polar surface area (TPSA) is 95.9 Å². The lowest BCUT2D eigenvalue weighted by molar-refractivity contribution is -0.133. The predicted octanol–water partition coefficient (Wildman–Crippen LogP) is 4.39. The highest BCUT2D eigenvalue weighted by Crippen LogP contribution is 2.41. The van der Waals surface area contributed by atoms with Crippen LogP contribution in [0.3, 0.4) is 0 Å². The van der Waals surface area contributed by atoms with E-state index in [9.17, 15) is 13.2 Å². The average molecular weight is 479 g/mol. The Morgan fingerprint density at radius 1 is 1.28 bits per heavy atom. The zero-order chi connectivity index (χ0) is 23.4. The van der Waals surface area contributed by atoms with E-state index in [1.54, 1.807) is 12.1 Å². The van der Waals surface area contributed by atoms with Gasteiger partial charge in [0, 0.05) is 35.2 Å². The Labute approximate surface area is 194 Å². The van der Waals surface area contributed by atoms with Crippen molar-refractivity contribution in [3.8, 4) is 5.75 Å². The van der Waals surface area contributed by atoms with Gasteiger partial charge < -0.3 is 14.7 Å². The number of rotatable bonds is 9. The maximum absolute atomic E-state index is 13.5. The number of aliphatic carboxylic acids is 1. The standard InChI is InChI=1S/C23H30N2O5S2/c1-4-5-11-23(2)16-25(18-9-7-6-8-10-18)19-13-20(30-3)17(14-31-15-22(26)27)12-21(19)32(28,29)24-23/h6-10,12-13,24H,4-5,11,14-16H2,1-3H3,(H,26,27). The van der Waals surface area contributed by atoms with Gasteiger partial charge in [-0.15, -0.1) is 11.8 Å². The van der Waals surface area contributed by atoms with E-state index in [2.05, 4.69) is 11.6 Å². The van der Waals surface area contributed by atoms with Gasteiger partial charge in [-0.05, 0) is 31.5 Å². The average Bonchev–Trinajstić information content (AvgIpc) is 2.84. The molecule has 0 saturated carbocycles. The summed E-state index contributed by atoms with van der Waals surface area (Å²) in [7, 11) is -2.28. The zero-order valence-electron chi connectivity index (χ0n) is 18.6. The number of benzene rings is 2. The Bertz CT molecular complexity index is 1060. The number of para-hydroxylation sites is 1. The van der Waals surface area contributed by atoms with Crippen LogP contribution in [0.4, 0.5) is 11.4 Å². The number of ether oxygens (including phenoxy) is 1. The minimum absolute atomic E-state index is 0.0729. The molecule has 32 heavy (non-hydrogen) atoms. The summed E-state index contributed by atoms with van der Waals surface area (Å²) in [5.74, 6) is -0.123. The van der Waals surface area contributed by atoms with Gasteiger partial charge in [0.2, 0.25) is 10.0 Å². The van der Waals surface area contributed by atoms with Gasteiger partial charge in [0.15, 0.2) is 0 Å². The van der Waals surface area contributed by atoms with Crippen LogP contribution in [-0.2, 0) is 20.6 Å². The van der Waals surface area contributed by atoms with Crippen molar-refractivity contribution < 1.29 is 23.1 Å². The first kappa shape index (κ1) is 24.4. The molecule has 0 bridgehead atoms.